The second kappa shape index (κ2) is 3.23. The zero-order chi connectivity index (χ0) is 10.4. The molecule has 1 saturated carbocycles. The summed E-state index contributed by atoms with van der Waals surface area (Å²) in [7, 11) is 0. The van der Waals surface area contributed by atoms with E-state index in [1.54, 1.807) is 0 Å². The lowest BCUT2D eigenvalue weighted by atomic mass is 9.80. The number of fused-ring (bicyclic) bond motifs is 1. The minimum absolute atomic E-state index is 0.622. The quantitative estimate of drug-likeness (QED) is 0.806. The summed E-state index contributed by atoms with van der Waals surface area (Å²) in [4.78, 5) is 0. The van der Waals surface area contributed by atoms with Crippen molar-refractivity contribution >= 4 is 27.3 Å². The van der Waals surface area contributed by atoms with Gasteiger partial charge in [-0.25, -0.2) is 4.52 Å². The third kappa shape index (κ3) is 1.28. The van der Waals surface area contributed by atoms with Crippen molar-refractivity contribution in [1.82, 2.24) is 9.61 Å². The second-order valence-corrected chi connectivity index (χ2v) is 4.88. The van der Waals surface area contributed by atoms with E-state index >= 15 is 0 Å². The number of anilines is 1. The Hall–Kier alpha value is -1.03. The predicted octanol–water partition coefficient (Wildman–Crippen LogP) is 2.95. The fraction of sp³-hybridized carbons (Fsp3) is 0.364. The van der Waals surface area contributed by atoms with Gasteiger partial charge in [0.05, 0.1) is 5.52 Å². The van der Waals surface area contributed by atoms with E-state index in [0.717, 1.165) is 10.1 Å². The molecular weight excluding hydrogens is 254 g/mol. The highest BCUT2D eigenvalue weighted by molar-refractivity contribution is 9.10. The third-order valence-electron chi connectivity index (χ3n) is 3.19. The van der Waals surface area contributed by atoms with E-state index < -0.39 is 0 Å². The molecule has 0 unspecified atom stereocenters. The Bertz CT molecular complexity index is 514. The molecular formula is C11H12BrN3. The fourth-order valence-corrected chi connectivity index (χ4v) is 2.61. The van der Waals surface area contributed by atoms with Gasteiger partial charge in [-0.2, -0.15) is 0 Å². The van der Waals surface area contributed by atoms with Gasteiger partial charge in [-0.05, 0) is 46.8 Å². The van der Waals surface area contributed by atoms with E-state index in [-0.39, 0.29) is 0 Å². The minimum Gasteiger partial charge on any atom is -0.382 e. The first-order valence-electron chi connectivity index (χ1n) is 5.20. The molecule has 0 spiro atoms. The lowest BCUT2D eigenvalue weighted by molar-refractivity contribution is 0.423. The number of nitrogens with zero attached hydrogens (tertiary/aromatic N) is 2. The predicted molar refractivity (Wildman–Crippen MR) is 63.9 cm³/mol. The van der Waals surface area contributed by atoms with Gasteiger partial charge in [0.25, 0.3) is 0 Å². The molecule has 2 N–H and O–H groups in total. The van der Waals surface area contributed by atoms with Crippen LogP contribution in [0.4, 0.5) is 5.82 Å². The molecule has 2 aromatic rings. The Morgan fingerprint density at radius 2 is 2.20 bits per heavy atom. The second-order valence-electron chi connectivity index (χ2n) is 4.07. The highest BCUT2D eigenvalue weighted by atomic mass is 79.9. The third-order valence-corrected chi connectivity index (χ3v) is 3.79. The summed E-state index contributed by atoms with van der Waals surface area (Å²) in [6.45, 7) is 0. The molecule has 0 aromatic carbocycles. The highest BCUT2D eigenvalue weighted by Crippen LogP contribution is 2.41. The summed E-state index contributed by atoms with van der Waals surface area (Å²) in [6.07, 6.45) is 3.81. The summed E-state index contributed by atoms with van der Waals surface area (Å²) in [5.41, 5.74) is 8.36. The summed E-state index contributed by atoms with van der Waals surface area (Å²) in [6, 6.07) is 6.09. The molecule has 0 aliphatic heterocycles. The Labute approximate surface area is 96.4 Å². The van der Waals surface area contributed by atoms with Crippen LogP contribution in [0.5, 0.6) is 0 Å². The molecule has 0 radical (unpaired) electrons. The molecule has 3 nitrogen and oxygen atoms in total. The van der Waals surface area contributed by atoms with E-state index in [0.29, 0.717) is 11.7 Å². The highest BCUT2D eigenvalue weighted by Gasteiger charge is 2.26. The smallest absolute Gasteiger partial charge is 0.150 e. The van der Waals surface area contributed by atoms with Gasteiger partial charge < -0.3 is 5.73 Å². The van der Waals surface area contributed by atoms with Gasteiger partial charge in [0.1, 0.15) is 10.4 Å². The first-order valence-corrected chi connectivity index (χ1v) is 5.99. The molecule has 78 valence electrons. The Morgan fingerprint density at radius 3 is 2.87 bits per heavy atom. The number of rotatable bonds is 1. The minimum atomic E-state index is 0.622. The van der Waals surface area contributed by atoms with E-state index in [1.807, 2.05) is 16.6 Å². The summed E-state index contributed by atoms with van der Waals surface area (Å²) >= 11 is 3.48. The SMILES string of the molecule is Nc1nn2c(Br)cccc2c1C1CCC1. The van der Waals surface area contributed by atoms with Crippen molar-refractivity contribution in [3.8, 4) is 0 Å². The summed E-state index contributed by atoms with van der Waals surface area (Å²) in [5.74, 6) is 1.31. The molecule has 1 fully saturated rings. The molecule has 0 amide bonds. The van der Waals surface area contributed by atoms with Crippen LogP contribution in [0.3, 0.4) is 0 Å². The van der Waals surface area contributed by atoms with Gasteiger partial charge in [-0.15, -0.1) is 5.10 Å². The van der Waals surface area contributed by atoms with Crippen LogP contribution in [0, 0.1) is 0 Å². The van der Waals surface area contributed by atoms with E-state index in [9.17, 15) is 0 Å². The van der Waals surface area contributed by atoms with Crippen LogP contribution >= 0.6 is 15.9 Å². The van der Waals surface area contributed by atoms with Crippen molar-refractivity contribution in [2.45, 2.75) is 25.2 Å². The van der Waals surface area contributed by atoms with E-state index in [1.165, 1.54) is 24.8 Å². The average Bonchev–Trinajstić information content (AvgIpc) is 2.44. The molecule has 0 saturated heterocycles. The molecule has 1 aliphatic rings. The molecule has 0 atom stereocenters. The number of aromatic nitrogens is 2. The van der Waals surface area contributed by atoms with Crippen LogP contribution in [-0.2, 0) is 0 Å². The number of hydrogen-bond donors (Lipinski definition) is 1. The molecule has 4 heteroatoms. The van der Waals surface area contributed by atoms with Crippen LogP contribution in [0.25, 0.3) is 5.52 Å². The first kappa shape index (κ1) is 9.21. The Morgan fingerprint density at radius 1 is 1.40 bits per heavy atom. The number of hydrogen-bond acceptors (Lipinski definition) is 2. The largest absolute Gasteiger partial charge is 0.382 e. The Balaban J connectivity index is 2.27. The van der Waals surface area contributed by atoms with Gasteiger partial charge in [-0.3, -0.25) is 0 Å². The maximum Gasteiger partial charge on any atom is 0.150 e. The monoisotopic (exact) mass is 265 g/mol. The Kier molecular flexibility index (Phi) is 1.99. The first-order chi connectivity index (χ1) is 7.27. The van der Waals surface area contributed by atoms with Crippen molar-refractivity contribution in [1.29, 1.82) is 0 Å². The summed E-state index contributed by atoms with van der Waals surface area (Å²) < 4.78 is 2.83. The zero-order valence-electron chi connectivity index (χ0n) is 8.28. The fourth-order valence-electron chi connectivity index (χ4n) is 2.19. The normalized spacial score (nSPS) is 16.9. The van der Waals surface area contributed by atoms with Gasteiger partial charge in [0.15, 0.2) is 0 Å². The maximum absolute atomic E-state index is 5.98. The molecule has 2 heterocycles. The van der Waals surface area contributed by atoms with E-state index in [2.05, 4.69) is 27.1 Å². The van der Waals surface area contributed by atoms with Crippen LogP contribution in [-0.4, -0.2) is 9.61 Å². The zero-order valence-corrected chi connectivity index (χ0v) is 9.87. The van der Waals surface area contributed by atoms with Crippen LogP contribution < -0.4 is 5.73 Å². The number of pyridine rings is 1. The lowest BCUT2D eigenvalue weighted by Crippen LogP contribution is -2.10. The van der Waals surface area contributed by atoms with Gasteiger partial charge in [-0.1, -0.05) is 12.5 Å². The number of nitrogens with two attached hydrogens (primary N) is 1. The van der Waals surface area contributed by atoms with E-state index in [4.69, 9.17) is 5.73 Å². The van der Waals surface area contributed by atoms with Gasteiger partial charge in [0.2, 0.25) is 0 Å². The molecule has 3 rings (SSSR count). The lowest BCUT2D eigenvalue weighted by Gasteiger charge is -2.25. The van der Waals surface area contributed by atoms with Gasteiger partial charge >= 0.3 is 0 Å². The van der Waals surface area contributed by atoms with Crippen molar-refractivity contribution in [2.24, 2.45) is 0 Å². The van der Waals surface area contributed by atoms with Crippen molar-refractivity contribution in [3.05, 3.63) is 28.4 Å². The molecule has 15 heavy (non-hydrogen) atoms. The topological polar surface area (TPSA) is 43.3 Å². The number of nitrogen functional groups attached to an aromatic ring is 1. The average molecular weight is 266 g/mol. The van der Waals surface area contributed by atoms with Crippen molar-refractivity contribution in [3.63, 3.8) is 0 Å². The molecule has 0 bridgehead atoms. The maximum atomic E-state index is 5.98. The molecule has 1 aliphatic carbocycles. The van der Waals surface area contributed by atoms with Crippen molar-refractivity contribution < 1.29 is 0 Å². The van der Waals surface area contributed by atoms with Crippen molar-refractivity contribution in [2.75, 3.05) is 5.73 Å². The van der Waals surface area contributed by atoms with Crippen LogP contribution in [0.15, 0.2) is 22.8 Å². The standard InChI is InChI=1S/C11H12BrN3/c12-9-6-2-5-8-10(7-3-1-4-7)11(13)14-15(8)9/h2,5-7H,1,3-4H2,(H2,13,14). The van der Waals surface area contributed by atoms with Crippen LogP contribution in [0.2, 0.25) is 0 Å². The summed E-state index contributed by atoms with van der Waals surface area (Å²) in [5, 5.41) is 4.36. The van der Waals surface area contributed by atoms with Crippen LogP contribution in [0.1, 0.15) is 30.7 Å². The number of halogens is 1. The molecule has 2 aromatic heterocycles. The van der Waals surface area contributed by atoms with Gasteiger partial charge in [0, 0.05) is 5.56 Å².